The molecule has 1 aromatic carbocycles. The molecule has 0 aromatic heterocycles. The van der Waals surface area contributed by atoms with Crippen molar-refractivity contribution in [2.24, 2.45) is 5.73 Å². The van der Waals surface area contributed by atoms with Gasteiger partial charge in [0.15, 0.2) is 0 Å². The van der Waals surface area contributed by atoms with Crippen LogP contribution in [0.15, 0.2) is 18.2 Å². The van der Waals surface area contributed by atoms with Gasteiger partial charge in [0.1, 0.15) is 6.10 Å². The van der Waals surface area contributed by atoms with Gasteiger partial charge in [0, 0.05) is 5.56 Å². The molecule has 1 rings (SSSR count). The van der Waals surface area contributed by atoms with Crippen LogP contribution in [0.5, 0.6) is 0 Å². The fraction of sp³-hybridized carbons (Fsp3) is 0.400. The molecule has 16 heavy (non-hydrogen) atoms. The van der Waals surface area contributed by atoms with Gasteiger partial charge in [0.2, 0.25) is 6.41 Å². The summed E-state index contributed by atoms with van der Waals surface area (Å²) >= 11 is 11.8. The zero-order valence-corrected chi connectivity index (χ0v) is 10.1. The Balaban J connectivity index is 3.06. The smallest absolute Gasteiger partial charge is 0.211 e. The molecule has 4 nitrogen and oxygen atoms in total. The number of benzene rings is 1. The highest BCUT2D eigenvalue weighted by Crippen LogP contribution is 2.33. The van der Waals surface area contributed by atoms with Gasteiger partial charge < -0.3 is 14.9 Å². The van der Waals surface area contributed by atoms with Crippen LogP contribution in [0.4, 0.5) is 0 Å². The molecule has 0 radical (unpaired) electrons. The molecular weight excluding hydrogens is 253 g/mol. The Kier molecular flexibility index (Phi) is 4.98. The van der Waals surface area contributed by atoms with Crippen molar-refractivity contribution in [1.29, 1.82) is 0 Å². The minimum atomic E-state index is -1.49. The summed E-state index contributed by atoms with van der Waals surface area (Å²) in [5.41, 5.74) is 5.58. The van der Waals surface area contributed by atoms with E-state index in [4.69, 9.17) is 38.8 Å². The Morgan fingerprint density at radius 2 is 1.94 bits per heavy atom. The Hall–Kier alpha value is -0.360. The van der Waals surface area contributed by atoms with E-state index >= 15 is 0 Å². The number of halogens is 2. The van der Waals surface area contributed by atoms with E-state index in [9.17, 15) is 5.11 Å². The highest BCUT2D eigenvalue weighted by atomic mass is 35.5. The van der Waals surface area contributed by atoms with Gasteiger partial charge in [-0.25, -0.2) is 0 Å². The summed E-state index contributed by atoms with van der Waals surface area (Å²) in [5, 5.41) is 19.1. The minimum Gasteiger partial charge on any atom is -0.390 e. The Morgan fingerprint density at radius 1 is 1.31 bits per heavy atom. The number of nitrogens with two attached hydrogens (primary N) is 1. The molecule has 0 saturated heterocycles. The predicted octanol–water partition coefficient (Wildman–Crippen LogP) is 1.67. The molecule has 4 N–H and O–H groups in total. The molecule has 6 heteroatoms. The highest BCUT2D eigenvalue weighted by Gasteiger charge is 2.23. The van der Waals surface area contributed by atoms with E-state index in [-0.39, 0.29) is 5.02 Å². The lowest BCUT2D eigenvalue weighted by Gasteiger charge is -2.23. The number of aliphatic hydroxyl groups is 2. The van der Waals surface area contributed by atoms with Crippen LogP contribution in [-0.2, 0) is 4.74 Å². The molecule has 3 atom stereocenters. The molecule has 0 fully saturated rings. The third-order valence-electron chi connectivity index (χ3n) is 2.01. The third kappa shape index (κ3) is 3.31. The van der Waals surface area contributed by atoms with E-state index in [1.54, 1.807) is 18.2 Å². The standard InChI is InChI=1S/C10H13Cl2NO3/c1-5(14)9(16-10(13)15)6-3-2-4-7(11)8(6)12/h2-5,9-10,14-15H,13H2,1H3. The van der Waals surface area contributed by atoms with Gasteiger partial charge in [-0.2, -0.15) is 0 Å². The number of aliphatic hydroxyl groups excluding tert-OH is 2. The topological polar surface area (TPSA) is 75.7 Å². The molecule has 0 aliphatic heterocycles. The van der Waals surface area contributed by atoms with Gasteiger partial charge in [-0.15, -0.1) is 0 Å². The first-order valence-corrected chi connectivity index (χ1v) is 5.40. The van der Waals surface area contributed by atoms with Crippen LogP contribution in [-0.4, -0.2) is 22.7 Å². The van der Waals surface area contributed by atoms with Crippen LogP contribution in [0, 0.1) is 0 Å². The number of hydrogen-bond donors (Lipinski definition) is 3. The quantitative estimate of drug-likeness (QED) is 0.724. The van der Waals surface area contributed by atoms with Crippen molar-refractivity contribution in [3.8, 4) is 0 Å². The summed E-state index contributed by atoms with van der Waals surface area (Å²) in [4.78, 5) is 0. The lowest BCUT2D eigenvalue weighted by Crippen LogP contribution is -2.30. The van der Waals surface area contributed by atoms with Crippen LogP contribution >= 0.6 is 23.2 Å². The summed E-state index contributed by atoms with van der Waals surface area (Å²) in [6.45, 7) is 1.50. The van der Waals surface area contributed by atoms with E-state index in [1.165, 1.54) is 6.92 Å². The maximum Gasteiger partial charge on any atom is 0.211 e. The van der Waals surface area contributed by atoms with Gasteiger partial charge in [-0.1, -0.05) is 35.3 Å². The number of ether oxygens (including phenoxy) is 1. The van der Waals surface area contributed by atoms with Crippen molar-refractivity contribution in [1.82, 2.24) is 0 Å². The lowest BCUT2D eigenvalue weighted by molar-refractivity contribution is -0.161. The molecule has 0 aliphatic carbocycles. The Labute approximate surface area is 104 Å². The molecule has 0 saturated carbocycles. The Bertz CT molecular complexity index is 358. The maximum atomic E-state index is 9.54. The summed E-state index contributed by atoms with van der Waals surface area (Å²) in [6, 6.07) is 4.94. The highest BCUT2D eigenvalue weighted by molar-refractivity contribution is 6.42. The first-order chi connectivity index (χ1) is 7.43. The fourth-order valence-corrected chi connectivity index (χ4v) is 1.75. The van der Waals surface area contributed by atoms with Gasteiger partial charge in [-0.05, 0) is 13.0 Å². The van der Waals surface area contributed by atoms with Gasteiger partial charge in [0.25, 0.3) is 0 Å². The van der Waals surface area contributed by atoms with E-state index in [0.29, 0.717) is 10.6 Å². The SMILES string of the molecule is CC(O)C(OC(N)O)c1cccc(Cl)c1Cl. The number of hydrogen-bond acceptors (Lipinski definition) is 4. The second-order valence-corrected chi connectivity index (χ2v) is 4.12. The second-order valence-electron chi connectivity index (χ2n) is 3.33. The lowest BCUT2D eigenvalue weighted by atomic mass is 10.1. The average molecular weight is 266 g/mol. The summed E-state index contributed by atoms with van der Waals surface area (Å²) in [7, 11) is 0. The van der Waals surface area contributed by atoms with E-state index in [2.05, 4.69) is 0 Å². The van der Waals surface area contributed by atoms with E-state index < -0.39 is 18.6 Å². The maximum absolute atomic E-state index is 9.54. The molecule has 0 heterocycles. The van der Waals surface area contributed by atoms with Crippen LogP contribution < -0.4 is 5.73 Å². The molecule has 90 valence electrons. The molecule has 0 bridgehead atoms. The first kappa shape index (κ1) is 13.7. The van der Waals surface area contributed by atoms with Crippen molar-refractivity contribution >= 4 is 23.2 Å². The van der Waals surface area contributed by atoms with Crippen molar-refractivity contribution < 1.29 is 14.9 Å². The van der Waals surface area contributed by atoms with Crippen molar-refractivity contribution in [3.63, 3.8) is 0 Å². The fourth-order valence-electron chi connectivity index (χ4n) is 1.34. The Morgan fingerprint density at radius 3 is 2.44 bits per heavy atom. The minimum absolute atomic E-state index is 0.274. The third-order valence-corrected chi connectivity index (χ3v) is 2.85. The van der Waals surface area contributed by atoms with Gasteiger partial charge in [0.05, 0.1) is 16.1 Å². The number of rotatable bonds is 4. The molecule has 0 amide bonds. The van der Waals surface area contributed by atoms with E-state index in [0.717, 1.165) is 0 Å². The average Bonchev–Trinajstić information content (AvgIpc) is 2.18. The molecule has 0 spiro atoms. The van der Waals surface area contributed by atoms with Gasteiger partial charge in [-0.3, -0.25) is 5.73 Å². The van der Waals surface area contributed by atoms with Crippen molar-refractivity contribution in [3.05, 3.63) is 33.8 Å². The molecule has 1 aromatic rings. The second kappa shape index (κ2) is 5.82. The van der Waals surface area contributed by atoms with Crippen LogP contribution in [0.3, 0.4) is 0 Å². The predicted molar refractivity (Wildman–Crippen MR) is 62.2 cm³/mol. The normalized spacial score (nSPS) is 16.9. The largest absolute Gasteiger partial charge is 0.390 e. The zero-order valence-electron chi connectivity index (χ0n) is 8.60. The van der Waals surface area contributed by atoms with E-state index in [1.807, 2.05) is 0 Å². The van der Waals surface area contributed by atoms with Crippen molar-refractivity contribution in [2.75, 3.05) is 0 Å². The summed E-state index contributed by atoms with van der Waals surface area (Å²) in [6.07, 6.45) is -3.20. The molecule has 3 unspecified atom stereocenters. The monoisotopic (exact) mass is 265 g/mol. The molecule has 0 aliphatic rings. The van der Waals surface area contributed by atoms with Gasteiger partial charge >= 0.3 is 0 Å². The zero-order chi connectivity index (χ0) is 12.3. The van der Waals surface area contributed by atoms with Crippen LogP contribution in [0.25, 0.3) is 0 Å². The first-order valence-electron chi connectivity index (χ1n) is 4.64. The summed E-state index contributed by atoms with van der Waals surface area (Å²) < 4.78 is 4.97. The van der Waals surface area contributed by atoms with Crippen LogP contribution in [0.2, 0.25) is 10.0 Å². The summed E-state index contributed by atoms with van der Waals surface area (Å²) in [5.74, 6) is 0. The van der Waals surface area contributed by atoms with Crippen molar-refractivity contribution in [2.45, 2.75) is 25.5 Å². The molecular formula is C10H13Cl2NO3. The van der Waals surface area contributed by atoms with Crippen LogP contribution in [0.1, 0.15) is 18.6 Å².